The lowest BCUT2D eigenvalue weighted by Gasteiger charge is -2.26. The second kappa shape index (κ2) is 60.1. The maximum absolute atomic E-state index is 11.7. The third kappa shape index (κ3) is 32.8. The summed E-state index contributed by atoms with van der Waals surface area (Å²) in [6.07, 6.45) is 24.5. The molecular weight excluding hydrogens is 1860 g/mol. The minimum Gasteiger partial charge on any atom is -0.493 e. The molecule has 12 rings (SSSR count). The third-order valence-electron chi connectivity index (χ3n) is 24.6. The fourth-order valence-corrected chi connectivity index (χ4v) is 16.7. The first-order valence-corrected chi connectivity index (χ1v) is 49.7. The van der Waals surface area contributed by atoms with Gasteiger partial charge in [0.1, 0.15) is 0 Å². The van der Waals surface area contributed by atoms with Crippen molar-refractivity contribution in [2.24, 2.45) is 0 Å². The van der Waals surface area contributed by atoms with E-state index in [2.05, 4.69) is 29.9 Å². The molecule has 0 aliphatic carbocycles. The largest absolute Gasteiger partial charge is 0.493 e. The van der Waals surface area contributed by atoms with Crippen molar-refractivity contribution < 1.29 is 126 Å². The Hall–Kier alpha value is -12.4. The SMILES string of the molecule is CCCOc1cc(-c2cncc([C@@H](CO)CB(O)OB(C[C@H](CO)c3cncc(-c4ccc(OC)c(OCCC)c4)c3)OB(O)C[C@H](CO)c3cncc(-c4ccc(OC)c(OCCC)c4)c3)c2)ccc1OC.CCCOc1cc(-c2cncc([C@H](CO)CB(O)OB(C[C@@H](CO)c3cncc(-c4ccc(OC)c(OCCC)c4)c3)OB(O)C[C@@H](CO)c3cncc(-c4ccc(OC)c(OCCC)c4)c3)c2)ccc1OC. The molecule has 32 nitrogen and oxygen atoms in total. The zero-order valence-electron chi connectivity index (χ0n) is 85.4. The Balaban J connectivity index is 0.000000278. The predicted octanol–water partition coefficient (Wildman–Crippen LogP) is 16.8. The van der Waals surface area contributed by atoms with E-state index in [1.807, 2.05) is 187 Å². The summed E-state index contributed by atoms with van der Waals surface area (Å²) in [7, 11) is 0.786. The van der Waals surface area contributed by atoms with Crippen LogP contribution in [0.4, 0.5) is 0 Å². The van der Waals surface area contributed by atoms with Crippen LogP contribution in [0.25, 0.3) is 66.8 Å². The molecule has 0 aliphatic heterocycles. The van der Waals surface area contributed by atoms with Crippen molar-refractivity contribution in [2.75, 3.05) is 122 Å². The van der Waals surface area contributed by atoms with Crippen LogP contribution in [0.3, 0.4) is 0 Å². The van der Waals surface area contributed by atoms with Crippen molar-refractivity contribution in [3.05, 3.63) is 253 Å². The monoisotopic (exact) mass is 2000 g/mol. The normalized spacial score (nSPS) is 12.4. The number of aliphatic hydroxyl groups excluding tert-OH is 6. The van der Waals surface area contributed by atoms with Gasteiger partial charge in [-0.3, -0.25) is 29.9 Å². The lowest BCUT2D eigenvalue weighted by Crippen LogP contribution is -2.40. The van der Waals surface area contributed by atoms with Gasteiger partial charge in [0, 0.05) is 183 Å². The first kappa shape index (κ1) is 114. The van der Waals surface area contributed by atoms with E-state index in [0.29, 0.717) is 142 Å². The van der Waals surface area contributed by atoms with Gasteiger partial charge in [0.05, 0.1) is 82.3 Å². The highest BCUT2D eigenvalue weighted by Crippen LogP contribution is 2.43. The summed E-state index contributed by atoms with van der Waals surface area (Å²) in [5.41, 5.74) is 13.3. The predicted molar refractivity (Wildman–Crippen MR) is 568 cm³/mol. The van der Waals surface area contributed by atoms with Crippen LogP contribution in [0.5, 0.6) is 69.0 Å². The molecule has 38 heteroatoms. The molecule has 146 heavy (non-hydrogen) atoms. The van der Waals surface area contributed by atoms with Crippen LogP contribution in [-0.4, -0.2) is 245 Å². The summed E-state index contributed by atoms with van der Waals surface area (Å²) >= 11 is 0. The van der Waals surface area contributed by atoms with E-state index in [9.17, 15) is 50.7 Å². The second-order valence-corrected chi connectivity index (χ2v) is 35.2. The molecule has 0 bridgehead atoms. The molecule has 0 fully saturated rings. The minimum atomic E-state index is -1.53. The zero-order chi connectivity index (χ0) is 104. The topological polar surface area (TPSA) is 427 Å². The zero-order valence-corrected chi connectivity index (χ0v) is 85.4. The Bertz CT molecular complexity index is 5380. The van der Waals surface area contributed by atoms with E-state index in [1.165, 1.54) is 0 Å². The molecule has 0 spiro atoms. The number of hydrogen-bond acceptors (Lipinski definition) is 32. The maximum atomic E-state index is 11.7. The van der Waals surface area contributed by atoms with Gasteiger partial charge >= 0.3 is 42.7 Å². The number of methoxy groups -OCH3 is 6. The van der Waals surface area contributed by atoms with Crippen molar-refractivity contribution >= 4 is 42.7 Å². The van der Waals surface area contributed by atoms with E-state index in [1.54, 1.807) is 117 Å². The van der Waals surface area contributed by atoms with Crippen molar-refractivity contribution in [3.8, 4) is 136 Å². The molecular formula is C108H136B6N6O26. The van der Waals surface area contributed by atoms with Gasteiger partial charge in [-0.05, 0) is 252 Å². The fraction of sp³-hybridized carbons (Fsp3) is 0.389. The summed E-state index contributed by atoms with van der Waals surface area (Å²) in [5, 5.41) is 111. The molecule has 6 heterocycles. The average molecular weight is 2000 g/mol. The molecule has 6 aromatic heterocycles. The van der Waals surface area contributed by atoms with Crippen molar-refractivity contribution in [2.45, 2.75) is 153 Å². The van der Waals surface area contributed by atoms with Crippen LogP contribution in [0.2, 0.25) is 37.9 Å². The van der Waals surface area contributed by atoms with Crippen LogP contribution in [0.15, 0.2) is 220 Å². The maximum Gasteiger partial charge on any atom is 0.441 e. The lowest BCUT2D eigenvalue weighted by atomic mass is 9.65. The van der Waals surface area contributed by atoms with Gasteiger partial charge in [0.2, 0.25) is 0 Å². The minimum absolute atomic E-state index is 0.0370. The first-order valence-electron chi connectivity index (χ1n) is 49.7. The highest BCUT2D eigenvalue weighted by molar-refractivity contribution is 6.65. The molecule has 0 saturated heterocycles. The summed E-state index contributed by atoms with van der Waals surface area (Å²) in [6.45, 7) is 13.1. The van der Waals surface area contributed by atoms with Crippen molar-refractivity contribution in [1.82, 2.24) is 29.9 Å². The standard InChI is InChI=1S/2C54H68B3N3O13/c2*1-7-16-69-52-22-37(10-13-49(52)66-4)40-19-43(31-58-28-40)46(34-61)25-55(64)72-57(27-48(36-63)45-21-42(30-60-33-45)39-12-15-51(68-6)54(24-39)71-18-9-3)73-56(65)26-47(35-62)44-20-41(29-59-32-44)38-11-14-50(67-5)53(23-38)70-17-8-2/h2*10-15,19-24,28-33,46-48,61-65H,7-9,16-18,25-27,34-36H2,1-6H3/t2*46-,47-,48-/m10/s1. The molecule has 0 unspecified atom stereocenters. The van der Waals surface area contributed by atoms with Gasteiger partial charge in [-0.25, -0.2) is 0 Å². The van der Waals surface area contributed by atoms with Gasteiger partial charge in [-0.1, -0.05) is 77.9 Å². The number of rotatable bonds is 62. The van der Waals surface area contributed by atoms with E-state index >= 15 is 0 Å². The number of nitrogens with zero attached hydrogens (tertiary/aromatic N) is 6. The summed E-state index contributed by atoms with van der Waals surface area (Å²) < 4.78 is 93.7. The third-order valence-corrected chi connectivity index (χ3v) is 24.6. The number of benzene rings is 6. The number of aromatic nitrogens is 6. The van der Waals surface area contributed by atoms with Gasteiger partial charge in [0.15, 0.2) is 69.0 Å². The van der Waals surface area contributed by atoms with Gasteiger partial charge < -0.3 is 126 Å². The Morgan fingerprint density at radius 3 is 0.507 bits per heavy atom. The molecule has 12 aromatic rings. The Kier molecular flexibility index (Phi) is 46.9. The van der Waals surface area contributed by atoms with Gasteiger partial charge in [-0.2, -0.15) is 0 Å². The average Bonchev–Trinajstić information content (AvgIpc) is 0.770. The highest BCUT2D eigenvalue weighted by atomic mass is 16.6. The van der Waals surface area contributed by atoms with Crippen LogP contribution in [0, 0.1) is 0 Å². The van der Waals surface area contributed by atoms with Crippen molar-refractivity contribution in [3.63, 3.8) is 0 Å². The number of hydrogen-bond donors (Lipinski definition) is 10. The molecule has 6 aromatic carbocycles. The van der Waals surface area contributed by atoms with E-state index in [0.717, 1.165) is 105 Å². The molecule has 6 atom stereocenters. The smallest absolute Gasteiger partial charge is 0.441 e. The van der Waals surface area contributed by atoms with E-state index in [-0.39, 0.29) is 77.6 Å². The Labute approximate surface area is 858 Å². The highest BCUT2D eigenvalue weighted by Gasteiger charge is 2.39. The van der Waals surface area contributed by atoms with Crippen LogP contribution >= 0.6 is 0 Å². The molecule has 0 saturated carbocycles. The van der Waals surface area contributed by atoms with Crippen LogP contribution in [0.1, 0.15) is 149 Å². The quantitative estimate of drug-likeness (QED) is 0.0158. The van der Waals surface area contributed by atoms with Crippen LogP contribution < -0.4 is 56.8 Å². The molecule has 0 aliphatic rings. The van der Waals surface area contributed by atoms with Crippen LogP contribution in [-0.2, 0) is 18.3 Å². The van der Waals surface area contributed by atoms with Gasteiger partial charge in [-0.15, -0.1) is 0 Å². The first-order chi connectivity index (χ1) is 71.1. The molecule has 772 valence electrons. The number of aliphatic hydroxyl groups is 6. The second-order valence-electron chi connectivity index (χ2n) is 35.2. The molecule has 0 radical (unpaired) electrons. The Morgan fingerprint density at radius 1 is 0.205 bits per heavy atom. The Morgan fingerprint density at radius 2 is 0.363 bits per heavy atom. The lowest BCUT2D eigenvalue weighted by molar-refractivity contribution is 0.251. The number of ether oxygens (including phenoxy) is 12. The summed E-state index contributed by atoms with van der Waals surface area (Å²) in [5.74, 6) is 3.29. The molecule has 0 amide bonds. The van der Waals surface area contributed by atoms with Gasteiger partial charge in [0.25, 0.3) is 0 Å². The van der Waals surface area contributed by atoms with Crippen molar-refractivity contribution in [1.29, 1.82) is 0 Å². The summed E-state index contributed by atoms with van der Waals surface area (Å²) in [6, 6.07) is 44.9. The van der Waals surface area contributed by atoms with E-state index in [4.69, 9.17) is 75.1 Å². The molecule has 10 N–H and O–H groups in total. The number of pyridine rings is 6. The fourth-order valence-electron chi connectivity index (χ4n) is 16.7. The summed E-state index contributed by atoms with van der Waals surface area (Å²) in [4.78, 5) is 26.9. The van der Waals surface area contributed by atoms with E-state index < -0.39 is 78.2 Å².